The van der Waals surface area contributed by atoms with Crippen LogP contribution in [0.25, 0.3) is 0 Å². The van der Waals surface area contributed by atoms with Gasteiger partial charge in [0.25, 0.3) is 11.6 Å². The summed E-state index contributed by atoms with van der Waals surface area (Å²) < 4.78 is 0. The van der Waals surface area contributed by atoms with Crippen molar-refractivity contribution in [1.29, 1.82) is 0 Å². The summed E-state index contributed by atoms with van der Waals surface area (Å²) >= 11 is 0. The van der Waals surface area contributed by atoms with Crippen LogP contribution in [0.4, 0.5) is 5.69 Å². The molecule has 0 aliphatic rings. The summed E-state index contributed by atoms with van der Waals surface area (Å²) in [5.41, 5.74) is 3.92. The molecule has 0 radical (unpaired) electrons. The number of rotatable bonds is 8. The maximum Gasteiger partial charge on any atom is 0.282 e. The highest BCUT2D eigenvalue weighted by atomic mass is 16.6. The van der Waals surface area contributed by atoms with Crippen molar-refractivity contribution in [2.24, 2.45) is 5.10 Å². The average Bonchev–Trinajstić information content (AvgIpc) is 2.65. The molecule has 0 atom stereocenters. The van der Waals surface area contributed by atoms with Crippen LogP contribution < -0.4 is 5.43 Å². The van der Waals surface area contributed by atoms with Crippen molar-refractivity contribution in [3.63, 3.8) is 0 Å². The van der Waals surface area contributed by atoms with Crippen LogP contribution in [0.1, 0.15) is 48.5 Å². The van der Waals surface area contributed by atoms with Crippen molar-refractivity contribution >= 4 is 17.3 Å². The van der Waals surface area contributed by atoms with Crippen LogP contribution in [-0.4, -0.2) is 16.5 Å². The molecule has 0 aliphatic heterocycles. The summed E-state index contributed by atoms with van der Waals surface area (Å²) in [6.07, 6.45) is 3.86. The molecule has 2 rings (SSSR count). The summed E-state index contributed by atoms with van der Waals surface area (Å²) in [5.74, 6) is -0.587. The number of hydrogen-bond donors (Lipinski definition) is 1. The van der Waals surface area contributed by atoms with E-state index < -0.39 is 10.8 Å². The first-order valence-corrected chi connectivity index (χ1v) is 8.29. The monoisotopic (exact) mass is 339 g/mol. The van der Waals surface area contributed by atoms with E-state index in [4.69, 9.17) is 0 Å². The molecule has 0 aromatic heterocycles. The summed E-state index contributed by atoms with van der Waals surface area (Å²) in [4.78, 5) is 22.8. The number of hydrogen-bond acceptors (Lipinski definition) is 4. The van der Waals surface area contributed by atoms with Gasteiger partial charge in [0.1, 0.15) is 5.56 Å². The number of carbonyl (C=O) groups is 1. The van der Waals surface area contributed by atoms with E-state index in [0.29, 0.717) is 0 Å². The fourth-order valence-electron chi connectivity index (χ4n) is 2.44. The molecule has 0 bridgehead atoms. The standard InChI is InChI=1S/C19H21N3O3/c1-2-3-5-13-17(15-10-6-4-7-11-15)20-21-19(23)16-12-8-9-14-18(16)22(24)25/h4,6-12,14H,2-3,5,13H2,1H3,(H,21,23)/b20-17+. The lowest BCUT2D eigenvalue weighted by Gasteiger charge is -2.08. The highest BCUT2D eigenvalue weighted by Crippen LogP contribution is 2.17. The predicted octanol–water partition coefficient (Wildman–Crippen LogP) is 4.31. The van der Waals surface area contributed by atoms with Gasteiger partial charge >= 0.3 is 0 Å². The Kier molecular flexibility index (Phi) is 6.83. The first-order chi connectivity index (χ1) is 12.1. The summed E-state index contributed by atoms with van der Waals surface area (Å²) in [6.45, 7) is 2.12. The molecule has 25 heavy (non-hydrogen) atoms. The Bertz CT molecular complexity index is 758. The fourth-order valence-corrected chi connectivity index (χ4v) is 2.44. The Balaban J connectivity index is 2.20. The van der Waals surface area contributed by atoms with E-state index in [1.807, 2.05) is 30.3 Å². The molecule has 0 saturated carbocycles. The van der Waals surface area contributed by atoms with Gasteiger partial charge in [0.15, 0.2) is 0 Å². The number of nitrogens with one attached hydrogen (secondary N) is 1. The van der Waals surface area contributed by atoms with Crippen LogP contribution >= 0.6 is 0 Å². The SMILES string of the molecule is CCCCC/C(=N\NC(=O)c1ccccc1[N+](=O)[O-])c1ccccc1. The molecule has 2 aromatic rings. The smallest absolute Gasteiger partial charge is 0.267 e. The minimum Gasteiger partial charge on any atom is -0.267 e. The summed E-state index contributed by atoms with van der Waals surface area (Å²) in [7, 11) is 0. The van der Waals surface area contributed by atoms with Crippen molar-refractivity contribution in [3.05, 3.63) is 75.8 Å². The van der Waals surface area contributed by atoms with Gasteiger partial charge in [-0.25, -0.2) is 5.43 Å². The first-order valence-electron chi connectivity index (χ1n) is 8.29. The van der Waals surface area contributed by atoms with E-state index in [1.165, 1.54) is 18.2 Å². The maximum absolute atomic E-state index is 12.3. The van der Waals surface area contributed by atoms with Crippen molar-refractivity contribution < 1.29 is 9.72 Å². The molecule has 6 nitrogen and oxygen atoms in total. The zero-order chi connectivity index (χ0) is 18.1. The molecule has 0 saturated heterocycles. The summed E-state index contributed by atoms with van der Waals surface area (Å²) in [6, 6.07) is 15.4. The quantitative estimate of drug-likeness (QED) is 0.336. The van der Waals surface area contributed by atoms with E-state index in [2.05, 4.69) is 17.5 Å². The number of unbranched alkanes of at least 4 members (excludes halogenated alkanes) is 2. The molecule has 0 fully saturated rings. The predicted molar refractivity (Wildman–Crippen MR) is 97.7 cm³/mol. The number of nitrogens with zero attached hydrogens (tertiary/aromatic N) is 2. The third-order valence-corrected chi connectivity index (χ3v) is 3.76. The Morgan fingerprint density at radius 1 is 1.08 bits per heavy atom. The molecule has 1 N–H and O–H groups in total. The van der Waals surface area contributed by atoms with Gasteiger partial charge in [-0.1, -0.05) is 62.2 Å². The highest BCUT2D eigenvalue weighted by molar-refractivity contribution is 6.03. The average molecular weight is 339 g/mol. The minimum atomic E-state index is -0.587. The fraction of sp³-hybridized carbons (Fsp3) is 0.263. The zero-order valence-electron chi connectivity index (χ0n) is 14.1. The second-order valence-electron chi connectivity index (χ2n) is 5.60. The molecule has 0 spiro atoms. The molecule has 0 aliphatic carbocycles. The lowest BCUT2D eigenvalue weighted by Crippen LogP contribution is -2.21. The maximum atomic E-state index is 12.3. The van der Waals surface area contributed by atoms with E-state index in [1.54, 1.807) is 6.07 Å². The Morgan fingerprint density at radius 3 is 2.44 bits per heavy atom. The number of para-hydroxylation sites is 1. The lowest BCUT2D eigenvalue weighted by atomic mass is 10.0. The van der Waals surface area contributed by atoms with E-state index in [9.17, 15) is 14.9 Å². The molecular formula is C19H21N3O3. The van der Waals surface area contributed by atoms with Crippen LogP contribution in [0.3, 0.4) is 0 Å². The van der Waals surface area contributed by atoms with E-state index in [-0.39, 0.29) is 11.3 Å². The van der Waals surface area contributed by atoms with E-state index in [0.717, 1.165) is 37.0 Å². The third kappa shape index (κ3) is 5.24. The molecule has 0 unspecified atom stereocenters. The van der Waals surface area contributed by atoms with E-state index >= 15 is 0 Å². The second-order valence-corrected chi connectivity index (χ2v) is 5.60. The highest BCUT2D eigenvalue weighted by Gasteiger charge is 2.19. The number of hydrazone groups is 1. The number of amides is 1. The second kappa shape index (κ2) is 9.32. The zero-order valence-corrected chi connectivity index (χ0v) is 14.1. The van der Waals surface area contributed by atoms with Gasteiger partial charge in [0, 0.05) is 6.07 Å². The number of nitro groups is 1. The van der Waals surface area contributed by atoms with Crippen LogP contribution in [0.15, 0.2) is 59.7 Å². The normalized spacial score (nSPS) is 11.2. The topological polar surface area (TPSA) is 84.6 Å². The van der Waals surface area contributed by atoms with Crippen LogP contribution in [-0.2, 0) is 0 Å². The summed E-state index contributed by atoms with van der Waals surface area (Å²) in [5, 5.41) is 15.3. The van der Waals surface area contributed by atoms with Gasteiger partial charge in [0.2, 0.25) is 0 Å². The third-order valence-electron chi connectivity index (χ3n) is 3.76. The van der Waals surface area contributed by atoms with Crippen LogP contribution in [0, 0.1) is 10.1 Å². The molecule has 1 amide bonds. The van der Waals surface area contributed by atoms with Crippen molar-refractivity contribution in [2.75, 3.05) is 0 Å². The minimum absolute atomic E-state index is 0.00257. The Labute approximate surface area is 146 Å². The molecule has 130 valence electrons. The van der Waals surface area contributed by atoms with Gasteiger partial charge in [-0.05, 0) is 24.5 Å². The molecule has 2 aromatic carbocycles. The van der Waals surface area contributed by atoms with Gasteiger partial charge in [0.05, 0.1) is 10.6 Å². The Morgan fingerprint density at radius 2 is 1.76 bits per heavy atom. The largest absolute Gasteiger partial charge is 0.282 e. The number of carbonyl (C=O) groups excluding carboxylic acids is 1. The van der Waals surface area contributed by atoms with Crippen molar-refractivity contribution in [1.82, 2.24) is 5.43 Å². The first kappa shape index (κ1) is 18.3. The molecule has 6 heteroatoms. The van der Waals surface area contributed by atoms with Gasteiger partial charge in [-0.3, -0.25) is 14.9 Å². The van der Waals surface area contributed by atoms with Gasteiger partial charge in [-0.15, -0.1) is 0 Å². The molecular weight excluding hydrogens is 318 g/mol. The lowest BCUT2D eigenvalue weighted by molar-refractivity contribution is -0.385. The Hall–Kier alpha value is -3.02. The number of benzene rings is 2. The van der Waals surface area contributed by atoms with Gasteiger partial charge < -0.3 is 0 Å². The molecule has 0 heterocycles. The van der Waals surface area contributed by atoms with Crippen molar-refractivity contribution in [3.8, 4) is 0 Å². The van der Waals surface area contributed by atoms with Crippen LogP contribution in [0.5, 0.6) is 0 Å². The van der Waals surface area contributed by atoms with Crippen LogP contribution in [0.2, 0.25) is 0 Å². The number of nitro benzene ring substituents is 1. The van der Waals surface area contributed by atoms with Crippen molar-refractivity contribution in [2.45, 2.75) is 32.6 Å². The van der Waals surface area contributed by atoms with Gasteiger partial charge in [-0.2, -0.15) is 5.10 Å².